The number of hydrogen-bond donors (Lipinski definition) is 2. The van der Waals surface area contributed by atoms with Crippen molar-refractivity contribution in [3.05, 3.63) is 90.0 Å². The third-order valence-electron chi connectivity index (χ3n) is 5.03. The second kappa shape index (κ2) is 10.3. The van der Waals surface area contributed by atoms with Crippen LogP contribution in [0.5, 0.6) is 11.5 Å². The highest BCUT2D eigenvalue weighted by molar-refractivity contribution is 6.39. The first-order valence-corrected chi connectivity index (χ1v) is 10.6. The molecule has 9 heteroatoms. The van der Waals surface area contributed by atoms with Crippen LogP contribution in [0.1, 0.15) is 5.56 Å². The van der Waals surface area contributed by atoms with Crippen LogP contribution in [0.3, 0.4) is 0 Å². The van der Waals surface area contributed by atoms with E-state index in [0.29, 0.717) is 28.4 Å². The van der Waals surface area contributed by atoms with Crippen LogP contribution < -0.4 is 25.0 Å². The van der Waals surface area contributed by atoms with Crippen LogP contribution in [0, 0.1) is 0 Å². The summed E-state index contributed by atoms with van der Waals surface area (Å²) in [6, 6.07) is 21.2. The molecular formula is C26H21N3O6. The largest absolute Gasteiger partial charge is 0.493 e. The summed E-state index contributed by atoms with van der Waals surface area (Å²) in [4.78, 5) is 50.7. The Kier molecular flexibility index (Phi) is 6.87. The normalized spacial score (nSPS) is 14.5. The molecule has 1 saturated heterocycles. The van der Waals surface area contributed by atoms with Crippen LogP contribution in [-0.4, -0.2) is 37.5 Å². The molecule has 3 aromatic rings. The summed E-state index contributed by atoms with van der Waals surface area (Å²) in [7, 11) is 1.43. The monoisotopic (exact) mass is 471 g/mol. The van der Waals surface area contributed by atoms with E-state index >= 15 is 0 Å². The van der Waals surface area contributed by atoms with Gasteiger partial charge in [0.2, 0.25) is 0 Å². The SMILES string of the molecule is COc1cc(/C=C2\C(=O)NC(=O)N(c3ccccc3)C2=O)ccc1OCC(=O)Nc1ccccc1. The first kappa shape index (κ1) is 23.2. The van der Waals surface area contributed by atoms with Crippen LogP contribution in [0.2, 0.25) is 0 Å². The van der Waals surface area contributed by atoms with E-state index in [4.69, 9.17) is 9.47 Å². The van der Waals surface area contributed by atoms with Gasteiger partial charge in [0.15, 0.2) is 18.1 Å². The molecule has 4 rings (SSSR count). The van der Waals surface area contributed by atoms with Gasteiger partial charge in [-0.3, -0.25) is 19.7 Å². The van der Waals surface area contributed by atoms with Gasteiger partial charge in [-0.2, -0.15) is 0 Å². The van der Waals surface area contributed by atoms with E-state index in [-0.39, 0.29) is 18.1 Å². The maximum Gasteiger partial charge on any atom is 0.335 e. The van der Waals surface area contributed by atoms with Crippen molar-refractivity contribution in [3.63, 3.8) is 0 Å². The first-order chi connectivity index (χ1) is 17.0. The Labute approximate surface area is 201 Å². The second-order valence-corrected chi connectivity index (χ2v) is 7.41. The zero-order valence-electron chi connectivity index (χ0n) is 18.7. The number of barbiturate groups is 1. The van der Waals surface area contributed by atoms with Crippen molar-refractivity contribution in [2.75, 3.05) is 23.9 Å². The van der Waals surface area contributed by atoms with Gasteiger partial charge in [0.05, 0.1) is 12.8 Å². The van der Waals surface area contributed by atoms with Gasteiger partial charge in [-0.15, -0.1) is 0 Å². The summed E-state index contributed by atoms with van der Waals surface area (Å²) in [6.07, 6.45) is 1.36. The predicted octanol–water partition coefficient (Wildman–Crippen LogP) is 3.38. The van der Waals surface area contributed by atoms with Crippen LogP contribution in [-0.2, 0) is 14.4 Å². The van der Waals surface area contributed by atoms with Gasteiger partial charge < -0.3 is 14.8 Å². The number of ether oxygens (including phenoxy) is 2. The van der Waals surface area contributed by atoms with Crippen LogP contribution in [0.15, 0.2) is 84.4 Å². The summed E-state index contributed by atoms with van der Waals surface area (Å²) in [5.41, 5.74) is 1.23. The standard InChI is InChI=1S/C26H21N3O6/c1-34-22-15-17(12-13-21(22)35-16-23(30)27-18-8-4-2-5-9-18)14-20-24(31)28-26(33)29(25(20)32)19-10-6-3-7-11-19/h2-15H,16H2,1H3,(H,27,30)(H,28,31,33)/b20-14+. The first-order valence-electron chi connectivity index (χ1n) is 10.6. The molecule has 2 N–H and O–H groups in total. The minimum absolute atomic E-state index is 0.216. The van der Waals surface area contributed by atoms with Gasteiger partial charge in [0.25, 0.3) is 17.7 Å². The molecule has 0 saturated carbocycles. The van der Waals surface area contributed by atoms with E-state index in [9.17, 15) is 19.2 Å². The number of rotatable bonds is 7. The molecule has 0 radical (unpaired) electrons. The quantitative estimate of drug-likeness (QED) is 0.403. The summed E-state index contributed by atoms with van der Waals surface area (Å²) in [5.74, 6) is -1.30. The van der Waals surface area contributed by atoms with Gasteiger partial charge >= 0.3 is 6.03 Å². The number of amides is 5. The summed E-state index contributed by atoms with van der Waals surface area (Å²) in [6.45, 7) is -0.249. The number of hydrogen-bond acceptors (Lipinski definition) is 6. The Morgan fingerprint density at radius 3 is 2.31 bits per heavy atom. The molecule has 176 valence electrons. The van der Waals surface area contributed by atoms with Crippen molar-refractivity contribution in [2.45, 2.75) is 0 Å². The minimum atomic E-state index is -0.821. The van der Waals surface area contributed by atoms with Crippen molar-refractivity contribution in [3.8, 4) is 11.5 Å². The highest BCUT2D eigenvalue weighted by Gasteiger charge is 2.36. The van der Waals surface area contributed by atoms with Crippen molar-refractivity contribution >= 4 is 41.2 Å². The molecule has 0 atom stereocenters. The maximum atomic E-state index is 13.0. The molecule has 3 aromatic carbocycles. The molecule has 35 heavy (non-hydrogen) atoms. The van der Waals surface area contributed by atoms with Gasteiger partial charge in [-0.05, 0) is 48.0 Å². The van der Waals surface area contributed by atoms with Gasteiger partial charge in [0.1, 0.15) is 5.57 Å². The number of methoxy groups -OCH3 is 1. The Morgan fingerprint density at radius 1 is 0.943 bits per heavy atom. The van der Waals surface area contributed by atoms with Gasteiger partial charge in [0, 0.05) is 5.69 Å². The number of benzene rings is 3. The van der Waals surface area contributed by atoms with Crippen molar-refractivity contribution in [1.29, 1.82) is 0 Å². The lowest BCUT2D eigenvalue weighted by Crippen LogP contribution is -2.54. The average molecular weight is 471 g/mol. The Balaban J connectivity index is 1.51. The molecule has 1 fully saturated rings. The van der Waals surface area contributed by atoms with E-state index in [2.05, 4.69) is 10.6 Å². The molecule has 0 aromatic heterocycles. The fraction of sp³-hybridized carbons (Fsp3) is 0.0769. The Morgan fingerprint density at radius 2 is 1.63 bits per heavy atom. The maximum absolute atomic E-state index is 13.0. The molecule has 0 unspecified atom stereocenters. The molecule has 1 heterocycles. The molecule has 0 spiro atoms. The third kappa shape index (κ3) is 5.36. The number of anilines is 2. The molecule has 1 aliphatic heterocycles. The number of carbonyl (C=O) groups excluding carboxylic acids is 4. The number of urea groups is 1. The number of nitrogens with zero attached hydrogens (tertiary/aromatic N) is 1. The van der Waals surface area contributed by atoms with Crippen molar-refractivity contribution in [1.82, 2.24) is 5.32 Å². The number of carbonyl (C=O) groups is 4. The highest BCUT2D eigenvalue weighted by atomic mass is 16.5. The Bertz CT molecular complexity index is 1310. The fourth-order valence-electron chi connectivity index (χ4n) is 3.39. The summed E-state index contributed by atoms with van der Waals surface area (Å²) in [5, 5.41) is 4.90. The minimum Gasteiger partial charge on any atom is -0.493 e. The lowest BCUT2D eigenvalue weighted by atomic mass is 10.1. The molecule has 5 amide bonds. The van der Waals surface area contributed by atoms with Gasteiger partial charge in [-0.1, -0.05) is 42.5 Å². The fourth-order valence-corrected chi connectivity index (χ4v) is 3.39. The topological polar surface area (TPSA) is 114 Å². The van der Waals surface area contributed by atoms with E-state index in [1.165, 1.54) is 13.2 Å². The molecular weight excluding hydrogens is 450 g/mol. The molecule has 1 aliphatic rings. The lowest BCUT2D eigenvalue weighted by molar-refractivity contribution is -0.122. The van der Waals surface area contributed by atoms with E-state index in [1.807, 2.05) is 6.07 Å². The van der Waals surface area contributed by atoms with Crippen LogP contribution in [0.25, 0.3) is 6.08 Å². The van der Waals surface area contributed by atoms with E-state index in [0.717, 1.165) is 4.90 Å². The summed E-state index contributed by atoms with van der Waals surface area (Å²) < 4.78 is 10.9. The van der Waals surface area contributed by atoms with Gasteiger partial charge in [-0.25, -0.2) is 9.69 Å². The Hall–Kier alpha value is -4.92. The predicted molar refractivity (Wildman–Crippen MR) is 129 cm³/mol. The van der Waals surface area contributed by atoms with E-state index < -0.39 is 17.8 Å². The van der Waals surface area contributed by atoms with Crippen LogP contribution >= 0.6 is 0 Å². The molecule has 0 bridgehead atoms. The second-order valence-electron chi connectivity index (χ2n) is 7.41. The van der Waals surface area contributed by atoms with Crippen molar-refractivity contribution in [2.24, 2.45) is 0 Å². The zero-order chi connectivity index (χ0) is 24.8. The van der Waals surface area contributed by atoms with E-state index in [1.54, 1.807) is 72.8 Å². The lowest BCUT2D eigenvalue weighted by Gasteiger charge is -2.26. The van der Waals surface area contributed by atoms with Crippen molar-refractivity contribution < 1.29 is 28.7 Å². The van der Waals surface area contributed by atoms with Crippen LogP contribution in [0.4, 0.5) is 16.2 Å². The molecule has 9 nitrogen and oxygen atoms in total. The zero-order valence-corrected chi connectivity index (χ0v) is 18.7. The number of nitrogens with one attached hydrogen (secondary N) is 2. The summed E-state index contributed by atoms with van der Waals surface area (Å²) >= 11 is 0. The third-order valence-corrected chi connectivity index (χ3v) is 5.03. The smallest absolute Gasteiger partial charge is 0.335 e. The number of imide groups is 2. The molecule has 0 aliphatic carbocycles. The average Bonchev–Trinajstić information content (AvgIpc) is 2.86. The highest BCUT2D eigenvalue weighted by Crippen LogP contribution is 2.30. The number of para-hydroxylation sites is 2.